The van der Waals surface area contributed by atoms with E-state index in [4.69, 9.17) is 4.74 Å². The second-order valence-electron chi connectivity index (χ2n) is 9.55. The second kappa shape index (κ2) is 12.0. The largest absolute Gasteiger partial charge is 0.507 e. The molecule has 0 aromatic heterocycles. The van der Waals surface area contributed by atoms with Gasteiger partial charge in [-0.05, 0) is 67.4 Å². The Bertz CT molecular complexity index is 1180. The number of rotatable bonds is 11. The van der Waals surface area contributed by atoms with Gasteiger partial charge in [-0.1, -0.05) is 27.7 Å². The second-order valence-corrected chi connectivity index (χ2v) is 9.55. The van der Waals surface area contributed by atoms with E-state index in [1.807, 2.05) is 34.6 Å². The summed E-state index contributed by atoms with van der Waals surface area (Å²) < 4.78 is 5.82. The maximum atomic E-state index is 13.2. The summed E-state index contributed by atoms with van der Waals surface area (Å²) in [5.41, 5.74) is 1.56. The highest BCUT2D eigenvalue weighted by Gasteiger charge is 2.46. The maximum absolute atomic E-state index is 13.2. The first-order valence-corrected chi connectivity index (χ1v) is 12.6. The first kappa shape index (κ1) is 27.9. The number of non-ortho nitro benzene ring substituents is 1. The van der Waals surface area contributed by atoms with Crippen LogP contribution in [0.1, 0.15) is 50.4 Å². The highest BCUT2D eigenvalue weighted by atomic mass is 16.6. The summed E-state index contributed by atoms with van der Waals surface area (Å²) in [6, 6.07) is 9.99. The van der Waals surface area contributed by atoms with Gasteiger partial charge in [-0.3, -0.25) is 19.7 Å². The number of benzene rings is 2. The molecule has 37 heavy (non-hydrogen) atoms. The van der Waals surface area contributed by atoms with E-state index < -0.39 is 22.7 Å². The lowest BCUT2D eigenvalue weighted by Gasteiger charge is -2.28. The van der Waals surface area contributed by atoms with Gasteiger partial charge in [0.05, 0.1) is 23.1 Å². The minimum atomic E-state index is -0.867. The molecule has 0 spiro atoms. The van der Waals surface area contributed by atoms with Crippen molar-refractivity contribution in [3.63, 3.8) is 0 Å². The van der Waals surface area contributed by atoms with Crippen LogP contribution in [0.2, 0.25) is 0 Å². The van der Waals surface area contributed by atoms with Gasteiger partial charge in [0.2, 0.25) is 0 Å². The molecule has 198 valence electrons. The Morgan fingerprint density at radius 1 is 1.14 bits per heavy atom. The normalized spacial score (nSPS) is 17.2. The van der Waals surface area contributed by atoms with E-state index in [-0.39, 0.29) is 23.6 Å². The fourth-order valence-corrected chi connectivity index (χ4v) is 4.40. The quantitative estimate of drug-likeness (QED) is 0.154. The molecule has 1 atom stereocenters. The average Bonchev–Trinajstić information content (AvgIpc) is 3.13. The number of Topliss-reactive ketones (excluding diaryl/α,β-unsaturated/α-hetero) is 1. The van der Waals surface area contributed by atoms with Crippen molar-refractivity contribution >= 4 is 23.1 Å². The number of ether oxygens (including phenoxy) is 1. The Hall–Kier alpha value is -3.72. The third kappa shape index (κ3) is 6.17. The summed E-state index contributed by atoms with van der Waals surface area (Å²) in [7, 11) is 0. The minimum Gasteiger partial charge on any atom is -0.507 e. The van der Waals surface area contributed by atoms with Crippen LogP contribution in [0.4, 0.5) is 5.69 Å². The van der Waals surface area contributed by atoms with Gasteiger partial charge in [0.1, 0.15) is 11.5 Å². The minimum absolute atomic E-state index is 0.0337. The smallest absolute Gasteiger partial charge is 0.295 e. The molecule has 0 unspecified atom stereocenters. The lowest BCUT2D eigenvalue weighted by Crippen LogP contribution is -2.38. The van der Waals surface area contributed by atoms with Crippen LogP contribution in [0.25, 0.3) is 5.76 Å². The third-order valence-electron chi connectivity index (χ3n) is 6.53. The van der Waals surface area contributed by atoms with Crippen LogP contribution in [0.5, 0.6) is 5.75 Å². The van der Waals surface area contributed by atoms with Crippen LogP contribution in [0.15, 0.2) is 48.0 Å². The number of nitro benzene ring substituents is 1. The van der Waals surface area contributed by atoms with Crippen molar-refractivity contribution in [2.45, 2.75) is 40.7 Å². The maximum Gasteiger partial charge on any atom is 0.295 e. The summed E-state index contributed by atoms with van der Waals surface area (Å²) in [6.07, 6.45) is 0. The van der Waals surface area contributed by atoms with Crippen molar-refractivity contribution in [1.82, 2.24) is 9.80 Å². The molecule has 9 nitrogen and oxygen atoms in total. The van der Waals surface area contributed by atoms with Gasteiger partial charge >= 0.3 is 0 Å². The van der Waals surface area contributed by atoms with Crippen LogP contribution in [-0.4, -0.2) is 64.3 Å². The lowest BCUT2D eigenvalue weighted by atomic mass is 9.94. The molecule has 2 aromatic rings. The van der Waals surface area contributed by atoms with Gasteiger partial charge in [0, 0.05) is 30.8 Å². The van der Waals surface area contributed by atoms with Gasteiger partial charge in [-0.25, -0.2) is 0 Å². The number of carbonyl (C=O) groups is 2. The van der Waals surface area contributed by atoms with E-state index in [1.54, 1.807) is 18.2 Å². The topological polar surface area (TPSA) is 113 Å². The summed E-state index contributed by atoms with van der Waals surface area (Å²) >= 11 is 0. The Morgan fingerprint density at radius 3 is 2.32 bits per heavy atom. The Morgan fingerprint density at radius 2 is 1.78 bits per heavy atom. The van der Waals surface area contributed by atoms with Gasteiger partial charge in [0.25, 0.3) is 17.4 Å². The zero-order valence-electron chi connectivity index (χ0n) is 22.1. The number of carbonyl (C=O) groups excluding carboxylic acids is 2. The van der Waals surface area contributed by atoms with Gasteiger partial charge in [-0.15, -0.1) is 0 Å². The number of hydrogen-bond donors (Lipinski definition) is 1. The molecular weight excluding hydrogens is 474 g/mol. The predicted octanol–water partition coefficient (Wildman–Crippen LogP) is 4.70. The first-order valence-electron chi connectivity index (χ1n) is 12.6. The average molecular weight is 510 g/mol. The fourth-order valence-electron chi connectivity index (χ4n) is 4.40. The fraction of sp³-hybridized carbons (Fsp3) is 0.429. The zero-order valence-corrected chi connectivity index (χ0v) is 22.1. The van der Waals surface area contributed by atoms with Crippen molar-refractivity contribution in [3.8, 4) is 5.75 Å². The molecule has 1 N–H and O–H groups in total. The van der Waals surface area contributed by atoms with E-state index in [2.05, 4.69) is 4.90 Å². The van der Waals surface area contributed by atoms with E-state index in [0.29, 0.717) is 35.9 Å². The molecule has 1 fully saturated rings. The third-order valence-corrected chi connectivity index (χ3v) is 6.53. The Labute approximate surface area is 217 Å². The number of ketones is 1. The molecule has 0 radical (unpaired) electrons. The summed E-state index contributed by atoms with van der Waals surface area (Å²) in [6.45, 7) is 12.9. The van der Waals surface area contributed by atoms with Crippen LogP contribution in [-0.2, 0) is 9.59 Å². The van der Waals surface area contributed by atoms with Crippen LogP contribution >= 0.6 is 0 Å². The molecular formula is C28H35N3O6. The number of likely N-dealkylation sites (N-methyl/N-ethyl adjacent to an activating group) is 1. The SMILES string of the molecule is CCN(CC)CCN1C(=O)C(=O)C(=C(O)c2ccc(OCC(C)C)c(C)c2)[C@H]1c1ccc([N+](=O)[O-])cc1. The van der Waals surface area contributed by atoms with Crippen molar-refractivity contribution in [2.24, 2.45) is 5.92 Å². The predicted molar refractivity (Wildman–Crippen MR) is 141 cm³/mol. The van der Waals surface area contributed by atoms with Crippen LogP contribution in [0, 0.1) is 23.0 Å². The molecule has 1 aliphatic heterocycles. The molecule has 3 rings (SSSR count). The van der Waals surface area contributed by atoms with Crippen molar-refractivity contribution in [3.05, 3.63) is 74.8 Å². The number of aryl methyl sites for hydroxylation is 1. The number of aliphatic hydroxyl groups is 1. The molecule has 2 aromatic carbocycles. The van der Waals surface area contributed by atoms with Crippen LogP contribution in [0.3, 0.4) is 0 Å². The summed E-state index contributed by atoms with van der Waals surface area (Å²) in [5.74, 6) is -0.743. The van der Waals surface area contributed by atoms with Crippen molar-refractivity contribution < 1.29 is 24.4 Å². The van der Waals surface area contributed by atoms with Gasteiger partial charge < -0.3 is 19.6 Å². The number of aliphatic hydroxyl groups excluding tert-OH is 1. The molecule has 1 amide bonds. The zero-order chi connectivity index (χ0) is 27.3. The van der Waals surface area contributed by atoms with Crippen molar-refractivity contribution in [1.29, 1.82) is 0 Å². The standard InChI is InChI=1S/C28H35N3O6/c1-6-29(7-2)14-15-30-25(20-8-11-22(12-9-20)31(35)36)24(27(33)28(30)34)26(32)21-10-13-23(19(5)16-21)37-17-18(3)4/h8-13,16,18,25,32H,6-7,14-15,17H2,1-5H3/t25-/m1/s1. The number of amides is 1. The lowest BCUT2D eigenvalue weighted by molar-refractivity contribution is -0.384. The molecule has 1 saturated heterocycles. The Balaban J connectivity index is 2.07. The van der Waals surface area contributed by atoms with E-state index >= 15 is 0 Å². The molecule has 9 heteroatoms. The molecule has 0 bridgehead atoms. The van der Waals surface area contributed by atoms with Gasteiger partial charge in [-0.2, -0.15) is 0 Å². The highest BCUT2D eigenvalue weighted by Crippen LogP contribution is 2.40. The Kier molecular flexibility index (Phi) is 9.04. The molecule has 0 saturated carbocycles. The summed E-state index contributed by atoms with van der Waals surface area (Å²) in [4.78, 5) is 40.6. The first-order chi connectivity index (χ1) is 17.6. The van der Waals surface area contributed by atoms with Gasteiger partial charge in [0.15, 0.2) is 0 Å². The van der Waals surface area contributed by atoms with E-state index in [9.17, 15) is 24.8 Å². The monoisotopic (exact) mass is 509 g/mol. The number of likely N-dealkylation sites (tertiary alicyclic amines) is 1. The molecule has 1 aliphatic rings. The molecule has 1 heterocycles. The molecule has 0 aliphatic carbocycles. The summed E-state index contributed by atoms with van der Waals surface area (Å²) in [5, 5.41) is 22.5. The van der Waals surface area contributed by atoms with E-state index in [0.717, 1.165) is 18.7 Å². The highest BCUT2D eigenvalue weighted by molar-refractivity contribution is 6.46. The van der Waals surface area contributed by atoms with Crippen LogP contribution < -0.4 is 4.74 Å². The number of nitro groups is 1. The number of hydrogen-bond acceptors (Lipinski definition) is 7. The van der Waals surface area contributed by atoms with E-state index in [1.165, 1.54) is 29.2 Å². The number of nitrogens with zero attached hydrogens (tertiary/aromatic N) is 3. The van der Waals surface area contributed by atoms with Crippen molar-refractivity contribution in [2.75, 3.05) is 32.8 Å².